The van der Waals surface area contributed by atoms with Crippen LogP contribution in [0.5, 0.6) is 5.75 Å². The van der Waals surface area contributed by atoms with Gasteiger partial charge in [-0.3, -0.25) is 4.90 Å². The zero-order chi connectivity index (χ0) is 16.7. The van der Waals surface area contributed by atoms with E-state index in [1.165, 1.54) is 12.8 Å². The maximum absolute atomic E-state index is 10.7. The fraction of sp³-hybridized carbons (Fsp3) is 0.684. The highest BCUT2D eigenvalue weighted by molar-refractivity contribution is 5.85. The maximum atomic E-state index is 10.7. The lowest BCUT2D eigenvalue weighted by atomic mass is 9.97. The van der Waals surface area contributed by atoms with Crippen LogP contribution < -0.4 is 10.2 Å². The first-order valence-corrected chi connectivity index (χ1v) is 9.23. The summed E-state index contributed by atoms with van der Waals surface area (Å²) in [7, 11) is 0. The summed E-state index contributed by atoms with van der Waals surface area (Å²) >= 11 is 0. The molecule has 1 aromatic rings. The molecule has 1 aliphatic heterocycles. The summed E-state index contributed by atoms with van der Waals surface area (Å²) in [5.74, 6) is 0.453. The van der Waals surface area contributed by atoms with Gasteiger partial charge in [0.2, 0.25) is 0 Å². The van der Waals surface area contributed by atoms with Crippen molar-refractivity contribution in [3.63, 3.8) is 0 Å². The van der Waals surface area contributed by atoms with E-state index in [1.54, 1.807) is 0 Å². The molecule has 1 heterocycles. The van der Waals surface area contributed by atoms with Crippen LogP contribution >= 0.6 is 24.8 Å². The van der Waals surface area contributed by atoms with E-state index in [2.05, 4.69) is 48.0 Å². The predicted octanol–water partition coefficient (Wildman–Crippen LogP) is 4.22. The molecule has 0 amide bonds. The minimum atomic E-state index is 0. The average Bonchev–Trinajstić information content (AvgIpc) is 2.59. The van der Waals surface area contributed by atoms with Gasteiger partial charge in [-0.25, -0.2) is 0 Å². The fourth-order valence-electron chi connectivity index (χ4n) is 3.53. The Morgan fingerprint density at radius 3 is 2.28 bits per heavy atom. The predicted molar refractivity (Wildman–Crippen MR) is 113 cm³/mol. The Kier molecular flexibility index (Phi) is 12.3. The number of aromatic hydroxyl groups is 1. The van der Waals surface area contributed by atoms with Crippen molar-refractivity contribution < 1.29 is 5.11 Å². The second kappa shape index (κ2) is 12.6. The van der Waals surface area contributed by atoms with Gasteiger partial charge in [-0.05, 0) is 26.3 Å². The number of halogens is 2. The Labute approximate surface area is 165 Å². The number of unbranched alkanes of at least 4 members (excludes halogenated alkanes) is 1. The molecule has 0 bridgehead atoms. The third-order valence-corrected chi connectivity index (χ3v) is 4.93. The van der Waals surface area contributed by atoms with Crippen molar-refractivity contribution >= 4 is 30.5 Å². The molecular weight excluding hydrogens is 357 g/mol. The smallest absolute Gasteiger partial charge is 0.122 e. The topological polar surface area (TPSA) is 38.7 Å². The number of hydrogen-bond donors (Lipinski definition) is 2. The van der Waals surface area contributed by atoms with E-state index in [0.29, 0.717) is 11.8 Å². The minimum absolute atomic E-state index is 0. The number of piperazine rings is 1. The van der Waals surface area contributed by atoms with Gasteiger partial charge in [0.25, 0.3) is 0 Å². The molecule has 2 rings (SSSR count). The second-order valence-corrected chi connectivity index (χ2v) is 6.36. The molecule has 0 unspecified atom stereocenters. The molecule has 1 fully saturated rings. The summed E-state index contributed by atoms with van der Waals surface area (Å²) in [4.78, 5) is 4.80. The highest BCUT2D eigenvalue weighted by Crippen LogP contribution is 2.35. The Balaban J connectivity index is 0.00000288. The zero-order valence-corrected chi connectivity index (χ0v) is 17.5. The van der Waals surface area contributed by atoms with Gasteiger partial charge in [-0.2, -0.15) is 0 Å². The Bertz CT molecular complexity index is 478. The number of nitrogens with zero attached hydrogens (tertiary/aromatic N) is 2. The molecule has 1 atom stereocenters. The van der Waals surface area contributed by atoms with Crippen molar-refractivity contribution in [2.24, 2.45) is 0 Å². The van der Waals surface area contributed by atoms with Gasteiger partial charge in [0.05, 0.1) is 0 Å². The van der Waals surface area contributed by atoms with Crippen LogP contribution in [0.15, 0.2) is 18.2 Å². The molecule has 146 valence electrons. The summed E-state index contributed by atoms with van der Waals surface area (Å²) < 4.78 is 0. The summed E-state index contributed by atoms with van der Waals surface area (Å²) in [5, 5.41) is 14.1. The molecule has 1 aliphatic rings. The summed E-state index contributed by atoms with van der Waals surface area (Å²) in [6, 6.07) is 6.60. The van der Waals surface area contributed by atoms with Gasteiger partial charge in [0, 0.05) is 62.6 Å². The molecular formula is C19H35Cl2N3O. The fourth-order valence-corrected chi connectivity index (χ4v) is 3.53. The highest BCUT2D eigenvalue weighted by atomic mass is 35.5. The zero-order valence-electron chi connectivity index (χ0n) is 15.8. The van der Waals surface area contributed by atoms with Crippen molar-refractivity contribution in [3.05, 3.63) is 23.8 Å². The molecule has 25 heavy (non-hydrogen) atoms. The molecule has 0 saturated carbocycles. The molecule has 1 aromatic carbocycles. The molecule has 0 radical (unpaired) electrons. The van der Waals surface area contributed by atoms with E-state index in [-0.39, 0.29) is 24.8 Å². The van der Waals surface area contributed by atoms with Gasteiger partial charge in [-0.1, -0.05) is 25.8 Å². The van der Waals surface area contributed by atoms with Gasteiger partial charge in [0.15, 0.2) is 0 Å². The van der Waals surface area contributed by atoms with E-state index < -0.39 is 0 Å². The number of anilines is 1. The molecule has 2 N–H and O–H groups in total. The molecule has 0 spiro atoms. The standard InChI is InChI=1S/C19H33N3O.2ClH/c1-4-7-8-18(22-13-11-20-12-14-22)17-10-9-16(15-19(17)23)21(5-2)6-3;;/h9-10,15,18,20,23H,4-8,11-14H2,1-3H3;2*1H/t18-;;/m0../s1. The van der Waals surface area contributed by atoms with Crippen molar-refractivity contribution in [3.8, 4) is 5.75 Å². The van der Waals surface area contributed by atoms with E-state index in [0.717, 1.165) is 56.9 Å². The normalized spacial score (nSPS) is 15.8. The lowest BCUT2D eigenvalue weighted by Crippen LogP contribution is -2.45. The van der Waals surface area contributed by atoms with Crippen molar-refractivity contribution in [1.82, 2.24) is 10.2 Å². The quantitative estimate of drug-likeness (QED) is 0.695. The van der Waals surface area contributed by atoms with Crippen LogP contribution in [0, 0.1) is 0 Å². The highest BCUT2D eigenvalue weighted by Gasteiger charge is 2.24. The summed E-state index contributed by atoms with van der Waals surface area (Å²) in [6.45, 7) is 12.7. The molecule has 6 heteroatoms. The van der Waals surface area contributed by atoms with E-state index in [4.69, 9.17) is 0 Å². The lowest BCUT2D eigenvalue weighted by molar-refractivity contribution is 0.160. The first kappa shape index (κ1) is 24.3. The molecule has 0 aliphatic carbocycles. The van der Waals surface area contributed by atoms with E-state index >= 15 is 0 Å². The van der Waals surface area contributed by atoms with Crippen LogP contribution in [0.1, 0.15) is 51.6 Å². The first-order chi connectivity index (χ1) is 11.2. The Morgan fingerprint density at radius 2 is 1.76 bits per heavy atom. The van der Waals surface area contributed by atoms with Crippen LogP contribution in [-0.4, -0.2) is 49.3 Å². The number of phenolic OH excluding ortho intramolecular Hbond substituents is 1. The average molecular weight is 392 g/mol. The van der Waals surface area contributed by atoms with E-state index in [1.807, 2.05) is 6.07 Å². The van der Waals surface area contributed by atoms with Gasteiger partial charge in [0.1, 0.15) is 5.75 Å². The van der Waals surface area contributed by atoms with Crippen LogP contribution in [0.3, 0.4) is 0 Å². The number of phenols is 1. The van der Waals surface area contributed by atoms with Crippen molar-refractivity contribution in [2.75, 3.05) is 44.2 Å². The van der Waals surface area contributed by atoms with Crippen LogP contribution in [0.4, 0.5) is 5.69 Å². The van der Waals surface area contributed by atoms with E-state index in [9.17, 15) is 5.11 Å². The third kappa shape index (κ3) is 6.52. The molecule has 0 aromatic heterocycles. The Hall–Kier alpha value is -0.680. The van der Waals surface area contributed by atoms with Gasteiger partial charge >= 0.3 is 0 Å². The number of rotatable bonds is 8. The minimum Gasteiger partial charge on any atom is -0.508 e. The maximum Gasteiger partial charge on any atom is 0.122 e. The van der Waals surface area contributed by atoms with Crippen LogP contribution in [-0.2, 0) is 0 Å². The lowest BCUT2D eigenvalue weighted by Gasteiger charge is -2.36. The second-order valence-electron chi connectivity index (χ2n) is 6.36. The van der Waals surface area contributed by atoms with Crippen LogP contribution in [0.25, 0.3) is 0 Å². The summed E-state index contributed by atoms with van der Waals surface area (Å²) in [6.07, 6.45) is 3.52. The third-order valence-electron chi connectivity index (χ3n) is 4.93. The molecule has 4 nitrogen and oxygen atoms in total. The largest absolute Gasteiger partial charge is 0.508 e. The SMILES string of the molecule is CCCC[C@@H](c1ccc(N(CC)CC)cc1O)N1CCNCC1.Cl.Cl. The van der Waals surface area contributed by atoms with Crippen LogP contribution in [0.2, 0.25) is 0 Å². The van der Waals surface area contributed by atoms with Crippen molar-refractivity contribution in [2.45, 2.75) is 46.1 Å². The monoisotopic (exact) mass is 391 g/mol. The molecule has 1 saturated heterocycles. The summed E-state index contributed by atoms with van der Waals surface area (Å²) in [5.41, 5.74) is 2.21. The van der Waals surface area contributed by atoms with Gasteiger partial charge in [-0.15, -0.1) is 24.8 Å². The number of benzene rings is 1. The first-order valence-electron chi connectivity index (χ1n) is 9.23. The number of nitrogens with one attached hydrogen (secondary N) is 1. The van der Waals surface area contributed by atoms with Gasteiger partial charge < -0.3 is 15.3 Å². The number of hydrogen-bond acceptors (Lipinski definition) is 4. The Morgan fingerprint density at radius 1 is 1.12 bits per heavy atom. The van der Waals surface area contributed by atoms with Crippen molar-refractivity contribution in [1.29, 1.82) is 0 Å².